The summed E-state index contributed by atoms with van der Waals surface area (Å²) in [5.74, 6) is 0.270. The number of amides is 1. The van der Waals surface area contributed by atoms with E-state index >= 15 is 0 Å². The highest BCUT2D eigenvalue weighted by molar-refractivity contribution is 5.83. The zero-order chi connectivity index (χ0) is 19.8. The number of nitrogens with zero attached hydrogens (tertiary/aromatic N) is 3. The number of hydrogen-bond acceptors (Lipinski definition) is 8. The first kappa shape index (κ1) is 19.4. The van der Waals surface area contributed by atoms with Crippen molar-refractivity contribution in [3.63, 3.8) is 0 Å². The molecule has 0 atom stereocenters. The maximum atomic E-state index is 11.7. The number of ether oxygens (including phenoxy) is 1. The summed E-state index contributed by atoms with van der Waals surface area (Å²) in [6, 6.07) is 8.29. The van der Waals surface area contributed by atoms with Gasteiger partial charge in [-0.05, 0) is 18.2 Å². The summed E-state index contributed by atoms with van der Waals surface area (Å²) in [6.07, 6.45) is 2.85. The number of carbonyl (C=O) groups is 1. The molecule has 1 aromatic carbocycles. The molecule has 3 rings (SSSR count). The van der Waals surface area contributed by atoms with Crippen LogP contribution in [-0.4, -0.2) is 50.0 Å². The molecule has 28 heavy (non-hydrogen) atoms. The second kappa shape index (κ2) is 9.51. The lowest BCUT2D eigenvalue weighted by Gasteiger charge is -2.28. The fraction of sp³-hybridized carbons (Fsp3) is 0.333. The van der Waals surface area contributed by atoms with Crippen molar-refractivity contribution in [2.24, 2.45) is 5.16 Å². The Bertz CT molecular complexity index is 831. The molecular formula is C18H20N4O6. The second-order valence-corrected chi connectivity index (χ2v) is 5.97. The topological polar surface area (TPSA) is 119 Å². The summed E-state index contributed by atoms with van der Waals surface area (Å²) >= 11 is 0. The first-order valence-corrected chi connectivity index (χ1v) is 8.69. The molecule has 1 fully saturated rings. The van der Waals surface area contributed by atoms with E-state index in [2.05, 4.69) is 10.5 Å². The van der Waals surface area contributed by atoms with Gasteiger partial charge in [-0.25, -0.2) is 0 Å². The van der Waals surface area contributed by atoms with Crippen molar-refractivity contribution in [2.45, 2.75) is 6.54 Å². The average Bonchev–Trinajstić information content (AvgIpc) is 3.24. The van der Waals surface area contributed by atoms with Gasteiger partial charge in [0.2, 0.25) is 0 Å². The van der Waals surface area contributed by atoms with E-state index in [0.717, 1.165) is 0 Å². The summed E-state index contributed by atoms with van der Waals surface area (Å²) in [5, 5.41) is 17.7. The molecule has 1 N–H and O–H groups in total. The highest BCUT2D eigenvalue weighted by Gasteiger charge is 2.21. The largest absolute Gasteiger partial charge is 0.467 e. The molecule has 0 saturated carbocycles. The van der Waals surface area contributed by atoms with Crippen LogP contribution in [-0.2, 0) is 20.9 Å². The minimum Gasteiger partial charge on any atom is -0.467 e. The Labute approximate surface area is 160 Å². The fourth-order valence-corrected chi connectivity index (χ4v) is 2.68. The Morgan fingerprint density at radius 2 is 2.18 bits per heavy atom. The summed E-state index contributed by atoms with van der Waals surface area (Å²) in [5.41, 5.74) is 1.03. The fourth-order valence-electron chi connectivity index (χ4n) is 2.68. The van der Waals surface area contributed by atoms with E-state index in [4.69, 9.17) is 14.0 Å². The monoisotopic (exact) mass is 388 g/mol. The van der Waals surface area contributed by atoms with Gasteiger partial charge < -0.3 is 24.2 Å². The van der Waals surface area contributed by atoms with Gasteiger partial charge in [-0.1, -0.05) is 11.2 Å². The highest BCUT2D eigenvalue weighted by Crippen LogP contribution is 2.29. The van der Waals surface area contributed by atoms with Gasteiger partial charge >= 0.3 is 0 Å². The first-order chi connectivity index (χ1) is 13.6. The number of furan rings is 1. The number of rotatable bonds is 8. The van der Waals surface area contributed by atoms with Crippen LogP contribution in [0.25, 0.3) is 0 Å². The molecule has 10 heteroatoms. The molecular weight excluding hydrogens is 368 g/mol. The van der Waals surface area contributed by atoms with Crippen molar-refractivity contribution in [3.8, 4) is 0 Å². The van der Waals surface area contributed by atoms with Crippen LogP contribution in [0, 0.1) is 10.1 Å². The Kier molecular flexibility index (Phi) is 6.58. The Hall–Kier alpha value is -3.40. The van der Waals surface area contributed by atoms with Gasteiger partial charge in [0.15, 0.2) is 6.61 Å². The van der Waals surface area contributed by atoms with E-state index in [1.54, 1.807) is 24.3 Å². The molecule has 2 aromatic rings. The summed E-state index contributed by atoms with van der Waals surface area (Å²) in [7, 11) is 0. The van der Waals surface area contributed by atoms with Crippen molar-refractivity contribution >= 4 is 23.5 Å². The van der Waals surface area contributed by atoms with Crippen LogP contribution in [0.2, 0.25) is 0 Å². The van der Waals surface area contributed by atoms with Crippen molar-refractivity contribution in [1.29, 1.82) is 0 Å². The number of morpholine rings is 1. The quantitative estimate of drug-likeness (QED) is 0.415. The van der Waals surface area contributed by atoms with Crippen LogP contribution in [0.5, 0.6) is 0 Å². The normalized spacial score (nSPS) is 14.2. The van der Waals surface area contributed by atoms with Gasteiger partial charge in [-0.3, -0.25) is 14.9 Å². The molecule has 0 radical (unpaired) electrons. The van der Waals surface area contributed by atoms with Crippen LogP contribution >= 0.6 is 0 Å². The number of nitro benzene ring substituents is 1. The number of nitro groups is 1. The molecule has 10 nitrogen and oxygen atoms in total. The predicted molar refractivity (Wildman–Crippen MR) is 100 cm³/mol. The summed E-state index contributed by atoms with van der Waals surface area (Å²) in [6.45, 7) is 2.26. The van der Waals surface area contributed by atoms with Crippen LogP contribution in [0.15, 0.2) is 46.2 Å². The van der Waals surface area contributed by atoms with Crippen molar-refractivity contribution in [2.75, 3.05) is 37.8 Å². The summed E-state index contributed by atoms with van der Waals surface area (Å²) < 4.78 is 10.4. The smallest absolute Gasteiger partial charge is 0.293 e. The average molecular weight is 388 g/mol. The zero-order valence-corrected chi connectivity index (χ0v) is 15.1. The number of benzene rings is 1. The van der Waals surface area contributed by atoms with E-state index in [1.807, 2.05) is 4.90 Å². The first-order valence-electron chi connectivity index (χ1n) is 8.69. The molecule has 0 aliphatic carbocycles. The van der Waals surface area contributed by atoms with Crippen LogP contribution in [0.1, 0.15) is 11.3 Å². The standard InChI is InChI=1S/C18H20N4O6/c23-18(19-12-15-2-1-7-27-15)13-28-20-11-14-3-4-16(17(10-14)22(24)25)21-5-8-26-9-6-21/h1-4,7,10-11H,5-6,8-9,12-13H2,(H,19,23)/b20-11-. The minimum atomic E-state index is -0.426. The van der Waals surface area contributed by atoms with E-state index in [0.29, 0.717) is 43.3 Å². The molecule has 2 heterocycles. The lowest BCUT2D eigenvalue weighted by molar-refractivity contribution is -0.384. The SMILES string of the molecule is O=C(CO/N=C\c1ccc(N2CCOCC2)c([N+](=O)[O-])c1)NCc1ccco1. The molecule has 148 valence electrons. The van der Waals surface area contributed by atoms with Crippen molar-refractivity contribution in [1.82, 2.24) is 5.32 Å². The number of anilines is 1. The zero-order valence-electron chi connectivity index (χ0n) is 15.1. The van der Waals surface area contributed by atoms with E-state index < -0.39 is 4.92 Å². The predicted octanol–water partition coefficient (Wildman–Crippen LogP) is 1.69. The van der Waals surface area contributed by atoms with E-state index in [-0.39, 0.29) is 24.7 Å². The van der Waals surface area contributed by atoms with Gasteiger partial charge in [0.1, 0.15) is 11.4 Å². The van der Waals surface area contributed by atoms with Gasteiger partial charge in [0.25, 0.3) is 11.6 Å². The number of carbonyl (C=O) groups excluding carboxylic acids is 1. The van der Waals surface area contributed by atoms with E-state index in [9.17, 15) is 14.9 Å². The number of oxime groups is 1. The van der Waals surface area contributed by atoms with Crippen molar-refractivity contribution in [3.05, 3.63) is 58.0 Å². The summed E-state index contributed by atoms with van der Waals surface area (Å²) in [4.78, 5) is 29.5. The number of nitrogens with one attached hydrogen (secondary N) is 1. The van der Waals surface area contributed by atoms with Crippen LogP contribution in [0.4, 0.5) is 11.4 Å². The molecule has 0 bridgehead atoms. The third-order valence-electron chi connectivity index (χ3n) is 4.06. The second-order valence-electron chi connectivity index (χ2n) is 5.97. The third-order valence-corrected chi connectivity index (χ3v) is 4.06. The maximum Gasteiger partial charge on any atom is 0.293 e. The lowest BCUT2D eigenvalue weighted by atomic mass is 10.1. The van der Waals surface area contributed by atoms with Crippen molar-refractivity contribution < 1.29 is 23.7 Å². The van der Waals surface area contributed by atoms with E-state index in [1.165, 1.54) is 18.5 Å². The van der Waals surface area contributed by atoms with Gasteiger partial charge in [-0.15, -0.1) is 0 Å². The molecule has 1 aliphatic heterocycles. The molecule has 1 aromatic heterocycles. The molecule has 1 saturated heterocycles. The lowest BCUT2D eigenvalue weighted by Crippen LogP contribution is -2.36. The number of hydrogen-bond donors (Lipinski definition) is 1. The Morgan fingerprint density at radius 3 is 2.89 bits per heavy atom. The van der Waals surface area contributed by atoms with Crippen LogP contribution in [0.3, 0.4) is 0 Å². The molecule has 0 spiro atoms. The van der Waals surface area contributed by atoms with Gasteiger partial charge in [-0.2, -0.15) is 0 Å². The van der Waals surface area contributed by atoms with Gasteiger partial charge in [0.05, 0.1) is 37.2 Å². The molecule has 0 unspecified atom stereocenters. The minimum absolute atomic E-state index is 0.0120. The maximum absolute atomic E-state index is 11.7. The van der Waals surface area contributed by atoms with Gasteiger partial charge in [0, 0.05) is 24.7 Å². The highest BCUT2D eigenvalue weighted by atomic mass is 16.6. The molecule has 1 aliphatic rings. The molecule has 1 amide bonds. The van der Waals surface area contributed by atoms with Crippen LogP contribution < -0.4 is 10.2 Å². The Balaban J connectivity index is 1.53. The Morgan fingerprint density at radius 1 is 1.36 bits per heavy atom. The third kappa shape index (κ3) is 5.30.